The third-order valence-electron chi connectivity index (χ3n) is 2.40. The number of hydrogen-bond acceptors (Lipinski definition) is 2. The summed E-state index contributed by atoms with van der Waals surface area (Å²) in [6.07, 6.45) is 0.906. The summed E-state index contributed by atoms with van der Waals surface area (Å²) in [6.45, 7) is 4.13. The summed E-state index contributed by atoms with van der Waals surface area (Å²) < 4.78 is 1.78. The summed E-state index contributed by atoms with van der Waals surface area (Å²) in [4.78, 5) is 0. The van der Waals surface area contributed by atoms with Crippen LogP contribution in [-0.4, -0.2) is 9.78 Å². The van der Waals surface area contributed by atoms with Crippen molar-refractivity contribution in [2.24, 2.45) is 0 Å². The van der Waals surface area contributed by atoms with Crippen LogP contribution >= 0.6 is 0 Å². The minimum atomic E-state index is 0.692. The van der Waals surface area contributed by atoms with Gasteiger partial charge in [0.15, 0.2) is 0 Å². The van der Waals surface area contributed by atoms with Crippen molar-refractivity contribution < 1.29 is 0 Å². The summed E-state index contributed by atoms with van der Waals surface area (Å²) in [5.74, 6) is 0.692. The molecule has 0 saturated heterocycles. The predicted octanol–water partition coefficient (Wildman–Crippen LogP) is 2.33. The van der Waals surface area contributed by atoms with Gasteiger partial charge in [-0.1, -0.05) is 19.1 Å². The van der Waals surface area contributed by atoms with Crippen LogP contribution in [0.5, 0.6) is 0 Å². The first-order chi connectivity index (χ1) is 7.20. The zero-order chi connectivity index (χ0) is 10.8. The molecule has 0 spiro atoms. The molecule has 78 valence electrons. The molecular formula is C12H15N3. The molecule has 0 aliphatic heterocycles. The van der Waals surface area contributed by atoms with Gasteiger partial charge in [0.05, 0.1) is 11.4 Å². The molecule has 0 amide bonds. The van der Waals surface area contributed by atoms with E-state index >= 15 is 0 Å². The SMILES string of the molecule is CCc1cc(N)n(-c2cccc(C)c2)n1. The van der Waals surface area contributed by atoms with E-state index in [1.54, 1.807) is 4.68 Å². The second-order valence-electron chi connectivity index (χ2n) is 3.66. The number of aryl methyl sites for hydroxylation is 2. The molecular weight excluding hydrogens is 186 g/mol. The third kappa shape index (κ3) is 1.86. The summed E-state index contributed by atoms with van der Waals surface area (Å²) in [5.41, 5.74) is 9.15. The molecule has 1 heterocycles. The minimum absolute atomic E-state index is 0.692. The zero-order valence-electron chi connectivity index (χ0n) is 9.07. The lowest BCUT2D eigenvalue weighted by Gasteiger charge is -2.04. The van der Waals surface area contributed by atoms with Gasteiger partial charge in [-0.2, -0.15) is 5.10 Å². The van der Waals surface area contributed by atoms with Crippen LogP contribution in [0.2, 0.25) is 0 Å². The molecule has 2 N–H and O–H groups in total. The molecule has 0 saturated carbocycles. The maximum Gasteiger partial charge on any atom is 0.127 e. The molecule has 0 aliphatic rings. The van der Waals surface area contributed by atoms with Crippen LogP contribution in [0.4, 0.5) is 5.82 Å². The minimum Gasteiger partial charge on any atom is -0.384 e. The van der Waals surface area contributed by atoms with Gasteiger partial charge in [0.2, 0.25) is 0 Å². The van der Waals surface area contributed by atoms with Gasteiger partial charge in [-0.25, -0.2) is 4.68 Å². The smallest absolute Gasteiger partial charge is 0.127 e. The largest absolute Gasteiger partial charge is 0.384 e. The molecule has 15 heavy (non-hydrogen) atoms. The highest BCUT2D eigenvalue weighted by molar-refractivity contribution is 5.44. The molecule has 1 aromatic heterocycles. The molecule has 0 fully saturated rings. The quantitative estimate of drug-likeness (QED) is 0.810. The van der Waals surface area contributed by atoms with Crippen LogP contribution in [0.25, 0.3) is 5.69 Å². The molecule has 0 radical (unpaired) electrons. The Morgan fingerprint density at radius 2 is 2.13 bits per heavy atom. The molecule has 0 aliphatic carbocycles. The number of anilines is 1. The Morgan fingerprint density at radius 3 is 2.73 bits per heavy atom. The molecule has 0 bridgehead atoms. The van der Waals surface area contributed by atoms with Gasteiger partial charge in [0.25, 0.3) is 0 Å². The van der Waals surface area contributed by atoms with Crippen molar-refractivity contribution in [3.8, 4) is 5.69 Å². The van der Waals surface area contributed by atoms with E-state index in [1.807, 2.05) is 18.2 Å². The van der Waals surface area contributed by atoms with Gasteiger partial charge in [-0.3, -0.25) is 0 Å². The number of benzene rings is 1. The van der Waals surface area contributed by atoms with Crippen molar-refractivity contribution >= 4 is 5.82 Å². The van der Waals surface area contributed by atoms with Crippen LogP contribution in [0.15, 0.2) is 30.3 Å². The van der Waals surface area contributed by atoms with E-state index < -0.39 is 0 Å². The van der Waals surface area contributed by atoms with Crippen LogP contribution in [0.1, 0.15) is 18.2 Å². The zero-order valence-corrected chi connectivity index (χ0v) is 9.07. The number of aromatic nitrogens is 2. The lowest BCUT2D eigenvalue weighted by molar-refractivity contribution is 0.848. The highest BCUT2D eigenvalue weighted by Gasteiger charge is 2.05. The number of nitrogen functional groups attached to an aromatic ring is 1. The number of nitrogens with zero attached hydrogens (tertiary/aromatic N) is 2. The predicted molar refractivity (Wildman–Crippen MR) is 62.1 cm³/mol. The topological polar surface area (TPSA) is 43.8 Å². The van der Waals surface area contributed by atoms with E-state index in [4.69, 9.17) is 5.73 Å². The molecule has 2 aromatic rings. The van der Waals surface area contributed by atoms with Crippen molar-refractivity contribution in [2.45, 2.75) is 20.3 Å². The Balaban J connectivity index is 2.48. The van der Waals surface area contributed by atoms with E-state index in [-0.39, 0.29) is 0 Å². The Hall–Kier alpha value is -1.77. The maximum absolute atomic E-state index is 5.90. The summed E-state index contributed by atoms with van der Waals surface area (Å²) >= 11 is 0. The van der Waals surface area contributed by atoms with Crippen molar-refractivity contribution in [3.05, 3.63) is 41.6 Å². The Bertz CT molecular complexity index is 471. The fraction of sp³-hybridized carbons (Fsp3) is 0.250. The molecule has 1 aromatic carbocycles. The van der Waals surface area contributed by atoms with Gasteiger partial charge < -0.3 is 5.73 Å². The third-order valence-corrected chi connectivity index (χ3v) is 2.40. The van der Waals surface area contributed by atoms with Crippen molar-refractivity contribution in [1.29, 1.82) is 0 Å². The van der Waals surface area contributed by atoms with Crippen LogP contribution in [0, 0.1) is 6.92 Å². The van der Waals surface area contributed by atoms with Crippen molar-refractivity contribution in [2.75, 3.05) is 5.73 Å². The van der Waals surface area contributed by atoms with E-state index in [2.05, 4.69) is 31.1 Å². The van der Waals surface area contributed by atoms with Crippen molar-refractivity contribution in [1.82, 2.24) is 9.78 Å². The highest BCUT2D eigenvalue weighted by Crippen LogP contribution is 2.15. The highest BCUT2D eigenvalue weighted by atomic mass is 15.3. The second kappa shape index (κ2) is 3.77. The number of rotatable bonds is 2. The summed E-state index contributed by atoms with van der Waals surface area (Å²) in [5, 5.41) is 4.43. The Kier molecular flexibility index (Phi) is 2.46. The maximum atomic E-state index is 5.90. The fourth-order valence-electron chi connectivity index (χ4n) is 1.59. The summed E-state index contributed by atoms with van der Waals surface area (Å²) in [7, 11) is 0. The van der Waals surface area contributed by atoms with Gasteiger partial charge in [-0.15, -0.1) is 0 Å². The normalized spacial score (nSPS) is 10.5. The van der Waals surface area contributed by atoms with Gasteiger partial charge in [-0.05, 0) is 31.0 Å². The second-order valence-corrected chi connectivity index (χ2v) is 3.66. The molecule has 3 nitrogen and oxygen atoms in total. The average molecular weight is 201 g/mol. The average Bonchev–Trinajstić information content (AvgIpc) is 2.60. The lowest BCUT2D eigenvalue weighted by Crippen LogP contribution is -2.01. The molecule has 2 rings (SSSR count). The first-order valence-corrected chi connectivity index (χ1v) is 5.12. The van der Waals surface area contributed by atoms with E-state index in [0.29, 0.717) is 5.82 Å². The fourth-order valence-corrected chi connectivity index (χ4v) is 1.59. The molecule has 3 heteroatoms. The van der Waals surface area contributed by atoms with Crippen LogP contribution in [-0.2, 0) is 6.42 Å². The van der Waals surface area contributed by atoms with E-state index in [1.165, 1.54) is 5.56 Å². The van der Waals surface area contributed by atoms with E-state index in [0.717, 1.165) is 17.8 Å². The van der Waals surface area contributed by atoms with Gasteiger partial charge in [0.1, 0.15) is 5.82 Å². The molecule has 0 unspecified atom stereocenters. The molecule has 0 atom stereocenters. The summed E-state index contributed by atoms with van der Waals surface area (Å²) in [6, 6.07) is 10.1. The first-order valence-electron chi connectivity index (χ1n) is 5.12. The first kappa shape index (κ1) is 9.77. The van der Waals surface area contributed by atoms with Crippen molar-refractivity contribution in [3.63, 3.8) is 0 Å². The Morgan fingerprint density at radius 1 is 1.33 bits per heavy atom. The Labute approximate surface area is 89.5 Å². The number of nitrogens with two attached hydrogens (primary N) is 1. The van der Waals surface area contributed by atoms with Crippen LogP contribution < -0.4 is 5.73 Å². The van der Waals surface area contributed by atoms with Crippen LogP contribution in [0.3, 0.4) is 0 Å². The van der Waals surface area contributed by atoms with E-state index in [9.17, 15) is 0 Å². The van der Waals surface area contributed by atoms with Gasteiger partial charge >= 0.3 is 0 Å². The van der Waals surface area contributed by atoms with Gasteiger partial charge in [0, 0.05) is 6.07 Å². The standard InChI is InChI=1S/C12H15N3/c1-3-10-8-12(13)15(14-10)11-6-4-5-9(2)7-11/h4-8H,3,13H2,1-2H3. The number of hydrogen-bond donors (Lipinski definition) is 1. The lowest BCUT2D eigenvalue weighted by atomic mass is 10.2. The monoisotopic (exact) mass is 201 g/mol.